The fraction of sp³-hybridized carbons (Fsp3) is 0.424. The van der Waals surface area contributed by atoms with Gasteiger partial charge in [-0.2, -0.15) is 13.2 Å². The predicted octanol–water partition coefficient (Wildman–Crippen LogP) is 5.78. The molecule has 1 aliphatic heterocycles. The van der Waals surface area contributed by atoms with E-state index in [4.69, 9.17) is 14.6 Å². The minimum Gasteiger partial charge on any atom is -0.486 e. The topological polar surface area (TPSA) is 131 Å². The number of hydrogen-bond acceptors (Lipinski definition) is 7. The molecule has 6 rings (SSSR count). The Bertz CT molecular complexity index is 1800. The van der Waals surface area contributed by atoms with Gasteiger partial charge in [0.1, 0.15) is 16.9 Å². The summed E-state index contributed by atoms with van der Waals surface area (Å²) in [5.41, 5.74) is 7.11. The first kappa shape index (κ1) is 32.9. The fourth-order valence-electron chi connectivity index (χ4n) is 6.31. The highest BCUT2D eigenvalue weighted by molar-refractivity contribution is 5.83. The number of ether oxygens (including phenoxy) is 1. The lowest BCUT2D eigenvalue weighted by Crippen LogP contribution is -2.40. The van der Waals surface area contributed by atoms with Crippen molar-refractivity contribution in [3.63, 3.8) is 0 Å². The highest BCUT2D eigenvalue weighted by atomic mass is 19.4. The summed E-state index contributed by atoms with van der Waals surface area (Å²) in [6, 6.07) is 12.5. The third-order valence-electron chi connectivity index (χ3n) is 8.74. The molecule has 1 saturated carbocycles. The maximum Gasteiger partial charge on any atom is 0.490 e. The van der Waals surface area contributed by atoms with E-state index in [0.29, 0.717) is 12.8 Å². The maximum absolute atomic E-state index is 12.7. The molecule has 1 atom stereocenters. The average molecular weight is 640 g/mol. The van der Waals surface area contributed by atoms with Gasteiger partial charge in [-0.25, -0.2) is 9.48 Å². The molecule has 3 heterocycles. The van der Waals surface area contributed by atoms with Crippen LogP contribution in [0.4, 0.5) is 13.2 Å². The Morgan fingerprint density at radius 3 is 2.41 bits per heavy atom. The molecule has 0 saturated heterocycles. The molecule has 0 radical (unpaired) electrons. The summed E-state index contributed by atoms with van der Waals surface area (Å²) in [5, 5.41) is 26.1. The van der Waals surface area contributed by atoms with Crippen molar-refractivity contribution in [2.45, 2.75) is 71.3 Å². The summed E-state index contributed by atoms with van der Waals surface area (Å²) in [5.74, 6) is -2.87. The molecule has 2 N–H and O–H groups in total. The SMILES string of the molecule is Cc1ccc(C(c2ccc3c(nnn3C)c2C)C2(C(=O)O)CC2)cc1CN1Cc2cnccc2OC(C)(C)C1.O=C(O)C(F)(F)F. The number of carbonyl (C=O) groups is 2. The molecule has 0 bridgehead atoms. The molecular weight excluding hydrogens is 603 g/mol. The number of aliphatic carboxylic acids is 2. The van der Waals surface area contributed by atoms with Crippen LogP contribution in [-0.4, -0.2) is 65.4 Å². The fourth-order valence-corrected chi connectivity index (χ4v) is 6.31. The third kappa shape index (κ3) is 6.55. The van der Waals surface area contributed by atoms with Gasteiger partial charge in [-0.05, 0) is 80.5 Å². The summed E-state index contributed by atoms with van der Waals surface area (Å²) in [7, 11) is 1.88. The molecule has 2 aromatic carbocycles. The highest BCUT2D eigenvalue weighted by Gasteiger charge is 2.57. The number of nitrogens with zero attached hydrogens (tertiary/aromatic N) is 5. The molecule has 1 fully saturated rings. The summed E-state index contributed by atoms with van der Waals surface area (Å²) in [6.45, 7) is 10.6. The van der Waals surface area contributed by atoms with Crippen LogP contribution in [0.3, 0.4) is 0 Å². The Kier molecular flexibility index (Phi) is 8.58. The Morgan fingerprint density at radius 2 is 1.78 bits per heavy atom. The normalized spacial score (nSPS) is 17.6. The number of aryl methyl sites for hydroxylation is 3. The Labute approximate surface area is 263 Å². The Balaban J connectivity index is 0.000000537. The third-order valence-corrected chi connectivity index (χ3v) is 8.74. The predicted molar refractivity (Wildman–Crippen MR) is 162 cm³/mol. The molecule has 1 aliphatic carbocycles. The molecule has 1 unspecified atom stereocenters. The lowest BCUT2D eigenvalue weighted by atomic mass is 9.75. The quantitative estimate of drug-likeness (QED) is 0.270. The van der Waals surface area contributed by atoms with Crippen LogP contribution < -0.4 is 4.74 Å². The van der Waals surface area contributed by atoms with Crippen molar-refractivity contribution in [3.05, 3.63) is 82.2 Å². The number of hydrogen-bond donors (Lipinski definition) is 2. The largest absolute Gasteiger partial charge is 0.490 e. The van der Waals surface area contributed by atoms with Crippen molar-refractivity contribution < 1.29 is 37.7 Å². The first-order chi connectivity index (χ1) is 21.5. The van der Waals surface area contributed by atoms with E-state index in [1.165, 1.54) is 11.1 Å². The number of fused-ring (bicyclic) bond motifs is 2. The smallest absolute Gasteiger partial charge is 0.486 e. The van der Waals surface area contributed by atoms with Crippen molar-refractivity contribution in [3.8, 4) is 5.75 Å². The van der Waals surface area contributed by atoms with Crippen molar-refractivity contribution in [1.29, 1.82) is 0 Å². The van der Waals surface area contributed by atoms with E-state index < -0.39 is 23.5 Å². The van der Waals surface area contributed by atoms with Gasteiger partial charge in [0, 0.05) is 50.6 Å². The van der Waals surface area contributed by atoms with Crippen LogP contribution >= 0.6 is 0 Å². The van der Waals surface area contributed by atoms with Crippen molar-refractivity contribution in [1.82, 2.24) is 24.9 Å². The molecule has 13 heteroatoms. The number of aromatic nitrogens is 4. The molecule has 10 nitrogen and oxygen atoms in total. The first-order valence-corrected chi connectivity index (χ1v) is 14.8. The van der Waals surface area contributed by atoms with Gasteiger partial charge in [0.25, 0.3) is 0 Å². The van der Waals surface area contributed by atoms with Crippen molar-refractivity contribution >= 4 is 23.0 Å². The maximum atomic E-state index is 12.7. The van der Waals surface area contributed by atoms with Gasteiger partial charge >= 0.3 is 18.1 Å². The van der Waals surface area contributed by atoms with Gasteiger partial charge in [0.15, 0.2) is 0 Å². The van der Waals surface area contributed by atoms with Gasteiger partial charge in [-0.15, -0.1) is 5.10 Å². The second-order valence-electron chi connectivity index (χ2n) is 12.7. The second-order valence-corrected chi connectivity index (χ2v) is 12.7. The molecular formula is C33H36F3N5O5. The van der Waals surface area contributed by atoms with Gasteiger partial charge in [-0.3, -0.25) is 14.7 Å². The standard InChI is InChI=1S/C31H35N5O3.C2HF3O2/c1-19-6-7-21(14-22(19)16-36-17-23-15-32-13-10-26(23)39-30(3,4)18-36)27(31(11-12-31)29(37)38)24-8-9-25-28(20(24)2)33-34-35(25)5;3-2(4,5)1(6)7/h6-10,13-15,27H,11-12,16-18H2,1-5H3,(H,37,38);(H,6,7). The van der Waals surface area contributed by atoms with Gasteiger partial charge in [0.05, 0.1) is 10.9 Å². The molecule has 46 heavy (non-hydrogen) atoms. The van der Waals surface area contributed by atoms with Crippen molar-refractivity contribution in [2.24, 2.45) is 12.5 Å². The van der Waals surface area contributed by atoms with Crippen LogP contribution in [0.5, 0.6) is 5.75 Å². The lowest BCUT2D eigenvalue weighted by molar-refractivity contribution is -0.192. The molecule has 2 aromatic heterocycles. The minimum absolute atomic E-state index is 0.269. The number of carboxylic acids is 2. The van der Waals surface area contributed by atoms with Crippen LogP contribution in [0.25, 0.3) is 11.0 Å². The van der Waals surface area contributed by atoms with Crippen LogP contribution in [-0.2, 0) is 29.7 Å². The van der Waals surface area contributed by atoms with E-state index in [1.54, 1.807) is 10.9 Å². The summed E-state index contributed by atoms with van der Waals surface area (Å²) in [6.07, 6.45) is -0.0990. The van der Waals surface area contributed by atoms with Crippen LogP contribution in [0, 0.1) is 19.3 Å². The zero-order valence-corrected chi connectivity index (χ0v) is 26.2. The van der Waals surface area contributed by atoms with Gasteiger partial charge in [0.2, 0.25) is 0 Å². The minimum atomic E-state index is -5.08. The summed E-state index contributed by atoms with van der Waals surface area (Å²) in [4.78, 5) is 28.3. The van der Waals surface area contributed by atoms with E-state index in [2.05, 4.69) is 65.2 Å². The first-order valence-electron chi connectivity index (χ1n) is 14.8. The lowest BCUT2D eigenvalue weighted by Gasteiger charge is -2.31. The molecule has 2 aliphatic rings. The number of benzene rings is 2. The second kappa shape index (κ2) is 12.0. The van der Waals surface area contributed by atoms with E-state index >= 15 is 0 Å². The van der Waals surface area contributed by atoms with E-state index in [9.17, 15) is 23.1 Å². The van der Waals surface area contributed by atoms with Crippen molar-refractivity contribution in [2.75, 3.05) is 6.54 Å². The van der Waals surface area contributed by atoms with Gasteiger partial charge < -0.3 is 14.9 Å². The average Bonchev–Trinajstić information content (AvgIpc) is 3.70. The number of pyridine rings is 1. The monoisotopic (exact) mass is 639 g/mol. The number of halogens is 3. The van der Waals surface area contributed by atoms with Gasteiger partial charge in [-0.1, -0.05) is 29.5 Å². The highest BCUT2D eigenvalue weighted by Crippen LogP contribution is 2.59. The van der Waals surface area contributed by atoms with E-state index in [-0.39, 0.29) is 11.5 Å². The zero-order chi connectivity index (χ0) is 33.6. The molecule has 244 valence electrons. The summed E-state index contributed by atoms with van der Waals surface area (Å²) >= 11 is 0. The number of rotatable bonds is 6. The molecule has 4 aromatic rings. The van der Waals surface area contributed by atoms with E-state index in [1.807, 2.05) is 32.3 Å². The Hall–Kier alpha value is -4.52. The summed E-state index contributed by atoms with van der Waals surface area (Å²) < 4.78 is 39.8. The van der Waals surface area contributed by atoms with Crippen LogP contribution in [0.1, 0.15) is 66.0 Å². The van der Waals surface area contributed by atoms with Crippen LogP contribution in [0.15, 0.2) is 48.8 Å². The molecule has 0 amide bonds. The zero-order valence-electron chi connectivity index (χ0n) is 26.2. The number of alkyl halides is 3. The van der Waals surface area contributed by atoms with E-state index in [0.717, 1.165) is 58.7 Å². The molecule has 0 spiro atoms. The number of carboxylic acid groups (broad SMARTS) is 2. The van der Waals surface area contributed by atoms with Crippen LogP contribution in [0.2, 0.25) is 0 Å². The Morgan fingerprint density at radius 1 is 1.09 bits per heavy atom.